The largest absolute Gasteiger partial charge is 0.478 e. The van der Waals surface area contributed by atoms with Gasteiger partial charge in [-0.05, 0) is 43.9 Å². The van der Waals surface area contributed by atoms with Crippen LogP contribution < -0.4 is 10.6 Å². The van der Waals surface area contributed by atoms with Crippen LogP contribution in [0.3, 0.4) is 0 Å². The number of alkyl carbamates (subject to hydrolysis) is 1. The fourth-order valence-corrected chi connectivity index (χ4v) is 4.62. The highest BCUT2D eigenvalue weighted by Gasteiger charge is 2.46. The molecule has 3 rings (SSSR count). The molecule has 4 atom stereocenters. The Kier molecular flexibility index (Phi) is 8.05. The molecule has 2 saturated heterocycles. The van der Waals surface area contributed by atoms with E-state index in [0.717, 1.165) is 25.7 Å². The molecule has 0 spiro atoms. The third-order valence-corrected chi connectivity index (χ3v) is 6.44. The maximum atomic E-state index is 13.5. The van der Waals surface area contributed by atoms with E-state index in [0.29, 0.717) is 19.4 Å². The van der Waals surface area contributed by atoms with E-state index in [1.54, 1.807) is 0 Å². The molecule has 2 heterocycles. The van der Waals surface area contributed by atoms with Gasteiger partial charge in [-0.25, -0.2) is 4.79 Å². The van der Waals surface area contributed by atoms with Gasteiger partial charge in [0.2, 0.25) is 11.8 Å². The highest BCUT2D eigenvalue weighted by atomic mass is 16.6. The van der Waals surface area contributed by atoms with Crippen molar-refractivity contribution in [1.29, 1.82) is 0 Å². The summed E-state index contributed by atoms with van der Waals surface area (Å²) < 4.78 is 10.6. The minimum Gasteiger partial charge on any atom is -0.446 e. The van der Waals surface area contributed by atoms with Crippen LogP contribution in [0.4, 0.5) is 4.79 Å². The van der Waals surface area contributed by atoms with Crippen LogP contribution in [-0.2, 0) is 19.0 Å². The van der Waals surface area contributed by atoms with Crippen molar-refractivity contribution in [3.63, 3.8) is 0 Å². The number of hydrogen-bond donors (Lipinski definition) is 4. The third kappa shape index (κ3) is 6.14. The molecule has 32 heavy (non-hydrogen) atoms. The Hall–Kier alpha value is -1.85. The number of carbonyl (C=O) groups is 3. The average molecular weight is 453 g/mol. The molecule has 0 bridgehead atoms. The molecule has 3 aliphatic rings. The van der Waals surface area contributed by atoms with Gasteiger partial charge in [0.05, 0.1) is 12.0 Å². The zero-order valence-electron chi connectivity index (χ0n) is 19.2. The number of likely N-dealkylation sites (tertiary alicyclic amines) is 1. The lowest BCUT2D eigenvalue weighted by Crippen LogP contribution is -2.59. The monoisotopic (exact) mass is 453 g/mol. The number of aliphatic hydroxyl groups is 1. The van der Waals surface area contributed by atoms with Gasteiger partial charge in [0.25, 0.3) is 0 Å². The van der Waals surface area contributed by atoms with Gasteiger partial charge in [-0.15, -0.1) is 0 Å². The normalized spacial score (nSPS) is 27.8. The lowest BCUT2D eigenvalue weighted by atomic mass is 9.74. The van der Waals surface area contributed by atoms with E-state index in [1.807, 2.05) is 20.8 Å². The third-order valence-electron chi connectivity index (χ3n) is 6.44. The molecule has 0 aromatic carbocycles. The van der Waals surface area contributed by atoms with Gasteiger partial charge in [0.1, 0.15) is 18.2 Å². The van der Waals surface area contributed by atoms with Gasteiger partial charge in [-0.1, -0.05) is 20.8 Å². The topological polar surface area (TPSA) is 137 Å². The van der Waals surface area contributed by atoms with Crippen molar-refractivity contribution in [2.75, 3.05) is 13.2 Å². The number of aliphatic hydroxyl groups excluding tert-OH is 1. The van der Waals surface area contributed by atoms with Crippen molar-refractivity contribution in [1.82, 2.24) is 15.5 Å². The van der Waals surface area contributed by atoms with Crippen LogP contribution in [0.5, 0.6) is 0 Å². The molecule has 10 nitrogen and oxygen atoms in total. The minimum absolute atomic E-state index is 0.00737. The van der Waals surface area contributed by atoms with E-state index < -0.39 is 54.6 Å². The summed E-state index contributed by atoms with van der Waals surface area (Å²) in [6, 6.07) is -1.83. The van der Waals surface area contributed by atoms with Crippen molar-refractivity contribution in [2.45, 2.75) is 95.9 Å². The number of β-amino-alcohol motifs (C(OH)–C–C–N with tert-alkyl or cyclic N) is 1. The molecule has 1 aliphatic carbocycles. The number of carbonyl (C=O) groups excluding carboxylic acids is 3. The second-order valence-corrected chi connectivity index (χ2v) is 10.2. The number of nitrogens with zero attached hydrogens (tertiary/aromatic N) is 1. The highest BCUT2D eigenvalue weighted by molar-refractivity contribution is 6.45. The lowest BCUT2D eigenvalue weighted by Gasteiger charge is -2.35. The Labute approximate surface area is 189 Å². The molecule has 0 aromatic heterocycles. The molecule has 180 valence electrons. The van der Waals surface area contributed by atoms with Gasteiger partial charge >= 0.3 is 13.2 Å². The summed E-state index contributed by atoms with van der Waals surface area (Å²) in [5.74, 6) is -1.47. The van der Waals surface area contributed by atoms with Crippen LogP contribution in [0, 0.1) is 5.41 Å². The number of ether oxygens (including phenoxy) is 1. The Balaban J connectivity index is 1.68. The van der Waals surface area contributed by atoms with Crippen molar-refractivity contribution in [3.05, 3.63) is 0 Å². The van der Waals surface area contributed by atoms with Crippen LogP contribution in [0.2, 0.25) is 0 Å². The first kappa shape index (κ1) is 24.8. The number of nitrogens with one attached hydrogen (secondary N) is 2. The van der Waals surface area contributed by atoms with Gasteiger partial charge in [0, 0.05) is 19.6 Å². The predicted molar refractivity (Wildman–Crippen MR) is 116 cm³/mol. The van der Waals surface area contributed by atoms with E-state index in [4.69, 9.17) is 9.39 Å². The Morgan fingerprint density at radius 1 is 1.16 bits per heavy atom. The van der Waals surface area contributed by atoms with Gasteiger partial charge < -0.3 is 35.1 Å². The summed E-state index contributed by atoms with van der Waals surface area (Å²) in [7, 11) is -1.10. The first-order valence-electron chi connectivity index (χ1n) is 11.6. The molecule has 4 N–H and O–H groups in total. The minimum atomic E-state index is -1.10. The van der Waals surface area contributed by atoms with Crippen LogP contribution >= 0.6 is 0 Å². The molecule has 0 radical (unpaired) electrons. The predicted octanol–water partition coefficient (Wildman–Crippen LogP) is 0.347. The van der Waals surface area contributed by atoms with Gasteiger partial charge in [-0.3, -0.25) is 9.59 Å². The smallest absolute Gasteiger partial charge is 0.446 e. The van der Waals surface area contributed by atoms with Crippen molar-refractivity contribution >= 4 is 25.0 Å². The Bertz CT molecular complexity index is 695. The average Bonchev–Trinajstić information content (AvgIpc) is 3.36. The lowest BCUT2D eigenvalue weighted by molar-refractivity contribution is -0.142. The van der Waals surface area contributed by atoms with Gasteiger partial charge in [-0.2, -0.15) is 0 Å². The quantitative estimate of drug-likeness (QED) is 0.441. The Morgan fingerprint density at radius 3 is 2.47 bits per heavy atom. The molecule has 11 heteroatoms. The standard InChI is InChI=1S/C21H36BN3O7/c1-21(2,3)17(24-20(29)32-14-7-4-5-8-14)19(28)25-12-13(26)11-15(25)18(27)23-16-9-6-10-31-22(16)30/h13-17,26,30H,4-12H2,1-3H3,(H,23,27)(H,24,29)/t13-,15+,16?,17-/m1/s1. The second-order valence-electron chi connectivity index (χ2n) is 10.2. The number of rotatable bonds is 5. The summed E-state index contributed by atoms with van der Waals surface area (Å²) in [5, 5.41) is 25.6. The summed E-state index contributed by atoms with van der Waals surface area (Å²) >= 11 is 0. The van der Waals surface area contributed by atoms with Crippen molar-refractivity contribution in [3.8, 4) is 0 Å². The fraction of sp³-hybridized carbons (Fsp3) is 0.857. The summed E-state index contributed by atoms with van der Waals surface area (Å²) in [5.41, 5.74) is -0.645. The molecule has 3 fully saturated rings. The first-order valence-corrected chi connectivity index (χ1v) is 11.6. The van der Waals surface area contributed by atoms with E-state index in [2.05, 4.69) is 10.6 Å². The van der Waals surface area contributed by atoms with E-state index in [9.17, 15) is 24.5 Å². The molecular formula is C21H36BN3O7. The van der Waals surface area contributed by atoms with Crippen LogP contribution in [0.25, 0.3) is 0 Å². The molecule has 1 unspecified atom stereocenters. The SMILES string of the molecule is CC(C)(C)[C@H](NC(=O)OC1CCCC1)C(=O)N1C[C@H](O)C[C@H]1C(=O)NC1CCCOB1O. The molecular weight excluding hydrogens is 417 g/mol. The van der Waals surface area contributed by atoms with Crippen LogP contribution in [0.1, 0.15) is 65.7 Å². The summed E-state index contributed by atoms with van der Waals surface area (Å²) in [6.45, 7) is 5.89. The van der Waals surface area contributed by atoms with E-state index >= 15 is 0 Å². The van der Waals surface area contributed by atoms with Crippen molar-refractivity contribution < 1.29 is 33.9 Å². The first-order chi connectivity index (χ1) is 15.1. The second kappa shape index (κ2) is 10.4. The molecule has 1 saturated carbocycles. The van der Waals surface area contributed by atoms with Gasteiger partial charge in [0.15, 0.2) is 0 Å². The maximum Gasteiger partial charge on any atom is 0.478 e. The van der Waals surface area contributed by atoms with E-state index in [-0.39, 0.29) is 19.1 Å². The molecule has 3 amide bonds. The van der Waals surface area contributed by atoms with Crippen LogP contribution in [0.15, 0.2) is 0 Å². The Morgan fingerprint density at radius 2 is 1.84 bits per heavy atom. The highest BCUT2D eigenvalue weighted by Crippen LogP contribution is 2.27. The maximum absolute atomic E-state index is 13.5. The summed E-state index contributed by atoms with van der Waals surface area (Å²) in [6.07, 6.45) is 3.39. The van der Waals surface area contributed by atoms with Crippen molar-refractivity contribution in [2.24, 2.45) is 5.41 Å². The number of hydrogen-bond acceptors (Lipinski definition) is 7. The summed E-state index contributed by atoms with van der Waals surface area (Å²) in [4.78, 5) is 40.2. The molecule has 0 aromatic rings. The zero-order chi connectivity index (χ0) is 23.5. The molecule has 2 aliphatic heterocycles. The van der Waals surface area contributed by atoms with Crippen LogP contribution in [-0.4, -0.2) is 83.4 Å². The fourth-order valence-electron chi connectivity index (χ4n) is 4.62. The zero-order valence-corrected chi connectivity index (χ0v) is 19.2. The number of amides is 3. The van der Waals surface area contributed by atoms with E-state index in [1.165, 1.54) is 4.90 Å².